The lowest BCUT2D eigenvalue weighted by Gasteiger charge is -2.38. The van der Waals surface area contributed by atoms with Crippen molar-refractivity contribution < 1.29 is 12.8 Å². The van der Waals surface area contributed by atoms with Crippen molar-refractivity contribution in [2.45, 2.75) is 63.2 Å². The zero-order chi connectivity index (χ0) is 26.0. The first-order valence-electron chi connectivity index (χ1n) is 12.0. The van der Waals surface area contributed by atoms with Crippen molar-refractivity contribution in [3.05, 3.63) is 69.7 Å². The van der Waals surface area contributed by atoms with E-state index in [2.05, 4.69) is 38.8 Å². The third-order valence-electron chi connectivity index (χ3n) is 7.34. The molecule has 2 aromatic rings. The Bertz CT molecular complexity index is 1110. The largest absolute Gasteiger partial charge is 0.413 e. The van der Waals surface area contributed by atoms with Gasteiger partial charge in [0.05, 0.1) is 17.9 Å². The van der Waals surface area contributed by atoms with E-state index in [4.69, 9.17) is 27.6 Å². The lowest BCUT2D eigenvalue weighted by atomic mass is 10.1. The van der Waals surface area contributed by atoms with Crippen LogP contribution in [0.2, 0.25) is 28.2 Å². The monoisotopic (exact) mass is 556 g/mol. The van der Waals surface area contributed by atoms with Gasteiger partial charge in [-0.15, -0.1) is 0 Å². The molecule has 0 unspecified atom stereocenters. The molecule has 0 spiro atoms. The molecule has 1 fully saturated rings. The second-order valence-electron chi connectivity index (χ2n) is 11.0. The molecule has 35 heavy (non-hydrogen) atoms. The van der Waals surface area contributed by atoms with Crippen molar-refractivity contribution >= 4 is 41.5 Å². The molecular weight excluding hydrogens is 519 g/mol. The quantitative estimate of drug-likeness (QED) is 0.327. The Hall–Kier alpha value is -0.933. The lowest BCUT2D eigenvalue weighted by Crippen LogP contribution is -2.45. The van der Waals surface area contributed by atoms with Gasteiger partial charge in [0.25, 0.3) is 0 Å². The van der Waals surface area contributed by atoms with Gasteiger partial charge in [0.1, 0.15) is 0 Å². The van der Waals surface area contributed by atoms with Crippen molar-refractivity contribution in [2.75, 3.05) is 26.7 Å². The Kier molecular flexibility index (Phi) is 9.17. The molecule has 1 saturated heterocycles. The van der Waals surface area contributed by atoms with E-state index in [9.17, 15) is 8.42 Å². The minimum Gasteiger partial charge on any atom is -0.413 e. The molecule has 0 saturated carbocycles. The zero-order valence-electron chi connectivity index (χ0n) is 21.6. The van der Waals surface area contributed by atoms with Crippen LogP contribution in [-0.4, -0.2) is 58.7 Å². The highest BCUT2D eigenvalue weighted by Gasteiger charge is 2.41. The van der Waals surface area contributed by atoms with Gasteiger partial charge in [-0.05, 0) is 47.8 Å². The minimum absolute atomic E-state index is 0.157. The number of hydrogen-bond acceptors (Lipinski definition) is 4. The van der Waals surface area contributed by atoms with E-state index in [0.29, 0.717) is 22.2 Å². The highest BCUT2D eigenvalue weighted by atomic mass is 35.5. The summed E-state index contributed by atoms with van der Waals surface area (Å²) in [6.07, 6.45) is 1.15. The summed E-state index contributed by atoms with van der Waals surface area (Å²) >= 11 is 12.3. The van der Waals surface area contributed by atoms with Crippen molar-refractivity contribution in [2.24, 2.45) is 0 Å². The van der Waals surface area contributed by atoms with E-state index in [0.717, 1.165) is 25.1 Å². The minimum atomic E-state index is -3.64. The van der Waals surface area contributed by atoms with E-state index in [1.807, 2.05) is 30.3 Å². The third kappa shape index (κ3) is 7.31. The fourth-order valence-corrected chi connectivity index (χ4v) is 7.49. The fourth-order valence-electron chi connectivity index (χ4n) is 4.13. The molecule has 194 valence electrons. The highest BCUT2D eigenvalue weighted by Crippen LogP contribution is 2.38. The number of hydrogen-bond donors (Lipinski definition) is 0. The first kappa shape index (κ1) is 28.6. The van der Waals surface area contributed by atoms with E-state index >= 15 is 0 Å². The van der Waals surface area contributed by atoms with Gasteiger partial charge in [-0.1, -0.05) is 80.4 Å². The Morgan fingerprint density at radius 3 is 2.40 bits per heavy atom. The molecule has 0 bridgehead atoms. The van der Waals surface area contributed by atoms with Gasteiger partial charge in [-0.25, -0.2) is 8.42 Å². The summed E-state index contributed by atoms with van der Waals surface area (Å²) in [4.78, 5) is 2.33. The Labute approximate surface area is 222 Å². The first-order chi connectivity index (χ1) is 16.2. The van der Waals surface area contributed by atoms with Crippen LogP contribution in [0.1, 0.15) is 44.4 Å². The summed E-state index contributed by atoms with van der Waals surface area (Å²) in [6, 6.07) is 14.4. The van der Waals surface area contributed by atoms with Crippen LogP contribution in [0.4, 0.5) is 0 Å². The summed E-state index contributed by atoms with van der Waals surface area (Å²) in [5.41, 5.74) is 1.51. The Morgan fingerprint density at radius 2 is 1.80 bits per heavy atom. The third-order valence-corrected chi connectivity index (χ3v) is 14.3. The predicted molar refractivity (Wildman–Crippen MR) is 149 cm³/mol. The first-order valence-corrected chi connectivity index (χ1v) is 17.3. The maximum atomic E-state index is 13.5. The molecule has 1 aliphatic rings. The zero-order valence-corrected chi connectivity index (χ0v) is 24.9. The van der Waals surface area contributed by atoms with Crippen molar-refractivity contribution in [1.82, 2.24) is 9.21 Å². The topological polar surface area (TPSA) is 49.9 Å². The van der Waals surface area contributed by atoms with E-state index in [-0.39, 0.29) is 22.9 Å². The molecule has 0 radical (unpaired) electrons. The SMILES string of the molecule is CN([C@H](CN1CC[C@H](O[Si](C)(C)C(C)(C)C)C1)c1ccccc1)S(=O)(=O)Cc1ccc(Cl)cc1Cl. The van der Waals surface area contributed by atoms with E-state index in [1.54, 1.807) is 25.2 Å². The van der Waals surface area contributed by atoms with Gasteiger partial charge in [-0.2, -0.15) is 4.31 Å². The number of sulfonamides is 1. The summed E-state index contributed by atoms with van der Waals surface area (Å²) in [5, 5.41) is 0.996. The molecule has 0 aromatic heterocycles. The smallest absolute Gasteiger partial charge is 0.218 e. The number of benzene rings is 2. The van der Waals surface area contributed by atoms with Crippen LogP contribution in [-0.2, 0) is 20.2 Å². The second kappa shape index (κ2) is 11.2. The molecule has 3 rings (SSSR count). The highest BCUT2D eigenvalue weighted by molar-refractivity contribution is 7.88. The lowest BCUT2D eigenvalue weighted by molar-refractivity contribution is 0.171. The fraction of sp³-hybridized carbons (Fsp3) is 0.538. The van der Waals surface area contributed by atoms with E-state index < -0.39 is 18.3 Å². The molecule has 0 amide bonds. The van der Waals surface area contributed by atoms with Crippen molar-refractivity contribution in [3.8, 4) is 0 Å². The Balaban J connectivity index is 1.78. The number of halogens is 2. The number of nitrogens with zero attached hydrogens (tertiary/aromatic N) is 2. The maximum absolute atomic E-state index is 13.5. The van der Waals surface area contributed by atoms with Gasteiger partial charge in [0.15, 0.2) is 8.32 Å². The number of rotatable bonds is 9. The van der Waals surface area contributed by atoms with Gasteiger partial charge < -0.3 is 4.43 Å². The molecule has 2 atom stereocenters. The average molecular weight is 558 g/mol. The van der Waals surface area contributed by atoms with Gasteiger partial charge >= 0.3 is 0 Å². The average Bonchev–Trinajstić information content (AvgIpc) is 3.19. The van der Waals surface area contributed by atoms with Crippen molar-refractivity contribution in [1.29, 1.82) is 0 Å². The summed E-state index contributed by atoms with van der Waals surface area (Å²) in [5.74, 6) is -0.181. The van der Waals surface area contributed by atoms with Crippen LogP contribution in [0.15, 0.2) is 48.5 Å². The molecule has 9 heteroatoms. The summed E-state index contributed by atoms with van der Waals surface area (Å²) in [7, 11) is -3.84. The van der Waals surface area contributed by atoms with Gasteiger partial charge in [0, 0.05) is 36.7 Å². The molecule has 0 aliphatic carbocycles. The van der Waals surface area contributed by atoms with Crippen LogP contribution in [0.25, 0.3) is 0 Å². The van der Waals surface area contributed by atoms with Crippen molar-refractivity contribution in [3.63, 3.8) is 0 Å². The summed E-state index contributed by atoms with van der Waals surface area (Å²) < 4.78 is 35.1. The maximum Gasteiger partial charge on any atom is 0.218 e. The Morgan fingerprint density at radius 1 is 1.14 bits per heavy atom. The predicted octanol–water partition coefficient (Wildman–Crippen LogP) is 6.59. The van der Waals surface area contributed by atoms with E-state index in [1.165, 1.54) is 4.31 Å². The standard InChI is InChI=1S/C26H38Cl2N2O3SSi/c1-26(2,3)35(5,6)33-23-14-15-30(17-23)18-25(20-10-8-7-9-11-20)29(4)34(31,32)19-21-12-13-22(27)16-24(21)28/h7-13,16,23,25H,14-15,17-19H2,1-6H3/t23-,25+/m0/s1. The number of likely N-dealkylation sites (tertiary alicyclic amines) is 1. The molecule has 1 heterocycles. The molecular formula is C26H38Cl2N2O3SSi. The molecule has 2 aromatic carbocycles. The van der Waals surface area contributed by atoms with Gasteiger partial charge in [0.2, 0.25) is 10.0 Å². The van der Waals surface area contributed by atoms with Crippen LogP contribution in [0.5, 0.6) is 0 Å². The van der Waals surface area contributed by atoms with Crippen LogP contribution < -0.4 is 0 Å². The van der Waals surface area contributed by atoms with Gasteiger partial charge in [-0.3, -0.25) is 4.90 Å². The van der Waals surface area contributed by atoms with Crippen LogP contribution in [0.3, 0.4) is 0 Å². The molecule has 0 N–H and O–H groups in total. The van der Waals surface area contributed by atoms with Crippen LogP contribution in [0, 0.1) is 0 Å². The van der Waals surface area contributed by atoms with Crippen LogP contribution >= 0.6 is 23.2 Å². The number of likely N-dealkylation sites (N-methyl/N-ethyl adjacent to an activating group) is 1. The molecule has 1 aliphatic heterocycles. The second-order valence-corrected chi connectivity index (χ2v) is 18.6. The summed E-state index contributed by atoms with van der Waals surface area (Å²) in [6.45, 7) is 13.6. The normalized spacial score (nSPS) is 18.8. The molecule has 5 nitrogen and oxygen atoms in total.